The molecule has 3 heteroatoms. The molecule has 0 bridgehead atoms. The quantitative estimate of drug-likeness (QED) is 0.436. The molecular weight excluding hydrogens is 138 g/mol. The second-order valence-electron chi connectivity index (χ2n) is 2.48. The van der Waals surface area contributed by atoms with Crippen LogP contribution in [-0.4, -0.2) is 16.5 Å². The van der Waals surface area contributed by atoms with Crippen LogP contribution in [0.3, 0.4) is 0 Å². The van der Waals surface area contributed by atoms with Gasteiger partial charge in [-0.2, -0.15) is 4.79 Å². The van der Waals surface area contributed by atoms with Crippen LogP contribution in [0.25, 0.3) is 5.53 Å². The number of hydrogen-bond donors (Lipinski definition) is 1. The Balaban J connectivity index is 2.92. The molecule has 0 amide bonds. The highest BCUT2D eigenvalue weighted by molar-refractivity contribution is 6.01. The minimum Gasteiger partial charge on any atom is -0.361 e. The van der Waals surface area contributed by atoms with Crippen molar-refractivity contribution >= 4 is 5.71 Å². The molecule has 0 radical (unpaired) electrons. The summed E-state index contributed by atoms with van der Waals surface area (Å²) in [6.07, 6.45) is 6.24. The van der Waals surface area contributed by atoms with Crippen LogP contribution in [0, 0.1) is 0 Å². The van der Waals surface area contributed by atoms with E-state index in [-0.39, 0.29) is 6.04 Å². The molecule has 0 spiro atoms. The van der Waals surface area contributed by atoms with E-state index in [1.807, 2.05) is 19.1 Å². The average Bonchev–Trinajstić information content (AvgIpc) is 2.05. The van der Waals surface area contributed by atoms with Crippen LogP contribution in [0.4, 0.5) is 0 Å². The third-order valence-electron chi connectivity index (χ3n) is 1.76. The molecule has 1 aliphatic rings. The molecule has 0 heterocycles. The molecule has 1 atom stereocenters. The van der Waals surface area contributed by atoms with Gasteiger partial charge in [-0.05, 0) is 12.0 Å². The first-order valence-electron chi connectivity index (χ1n) is 3.64. The molecule has 0 saturated carbocycles. The Kier molecular flexibility index (Phi) is 2.36. The van der Waals surface area contributed by atoms with Crippen molar-refractivity contribution < 1.29 is 4.79 Å². The minimum absolute atomic E-state index is 0.00880. The molecule has 0 aromatic heterocycles. The zero-order chi connectivity index (χ0) is 8.27. The molecule has 0 saturated heterocycles. The first kappa shape index (κ1) is 7.92. The molecule has 0 aromatic carbocycles. The highest BCUT2D eigenvalue weighted by Crippen LogP contribution is 2.10. The monoisotopic (exact) mass is 149 g/mol. The molecule has 0 aliphatic heterocycles. The van der Waals surface area contributed by atoms with E-state index >= 15 is 0 Å². The van der Waals surface area contributed by atoms with Crippen molar-refractivity contribution in [1.82, 2.24) is 0 Å². The van der Waals surface area contributed by atoms with Gasteiger partial charge in [-0.3, -0.25) is 0 Å². The van der Waals surface area contributed by atoms with Crippen molar-refractivity contribution in [2.75, 3.05) is 0 Å². The molecule has 0 aromatic rings. The smallest absolute Gasteiger partial charge is 0.315 e. The zero-order valence-corrected chi connectivity index (χ0v) is 6.49. The highest BCUT2D eigenvalue weighted by atomic mass is 14.8. The summed E-state index contributed by atoms with van der Waals surface area (Å²) in [6, 6.07) is -0.00880. The lowest BCUT2D eigenvalue weighted by atomic mass is 9.98. The Bertz CT molecular complexity index is 257. The van der Waals surface area contributed by atoms with Crippen LogP contribution >= 0.6 is 0 Å². The van der Waals surface area contributed by atoms with Gasteiger partial charge in [-0.25, -0.2) is 0 Å². The minimum atomic E-state index is -0.00880. The van der Waals surface area contributed by atoms with Gasteiger partial charge in [0.2, 0.25) is 0 Å². The molecule has 2 N–H and O–H groups in total. The molecular formula is C8H11N3. The van der Waals surface area contributed by atoms with Crippen molar-refractivity contribution in [3.8, 4) is 0 Å². The first-order valence-corrected chi connectivity index (χ1v) is 3.64. The van der Waals surface area contributed by atoms with Gasteiger partial charge >= 0.3 is 5.71 Å². The fourth-order valence-electron chi connectivity index (χ4n) is 1.06. The molecule has 1 aliphatic carbocycles. The lowest BCUT2D eigenvalue weighted by Gasteiger charge is -2.10. The summed E-state index contributed by atoms with van der Waals surface area (Å²) in [5.74, 6) is 0. The standard InChI is InChI=1S/C8H11N3/c1-2-6-5-7(11-10)3-4-8(6)9/h3-5,8H,2,9H2,1H3. The van der Waals surface area contributed by atoms with E-state index in [9.17, 15) is 0 Å². The van der Waals surface area contributed by atoms with Crippen molar-refractivity contribution in [3.05, 3.63) is 29.3 Å². The number of nitrogens with two attached hydrogens (primary N) is 1. The second kappa shape index (κ2) is 3.28. The molecule has 1 unspecified atom stereocenters. The normalized spacial score (nSPS) is 22.9. The van der Waals surface area contributed by atoms with Crippen LogP contribution in [0.15, 0.2) is 23.8 Å². The maximum Gasteiger partial charge on any atom is 0.315 e. The van der Waals surface area contributed by atoms with E-state index in [4.69, 9.17) is 11.3 Å². The summed E-state index contributed by atoms with van der Waals surface area (Å²) in [5, 5.41) is 0. The van der Waals surface area contributed by atoms with Crippen molar-refractivity contribution in [2.45, 2.75) is 19.4 Å². The highest BCUT2D eigenvalue weighted by Gasteiger charge is 2.12. The number of nitrogens with zero attached hydrogens (tertiary/aromatic N) is 2. The fourth-order valence-corrected chi connectivity index (χ4v) is 1.06. The van der Waals surface area contributed by atoms with Crippen molar-refractivity contribution in [1.29, 1.82) is 0 Å². The van der Waals surface area contributed by atoms with Gasteiger partial charge in [0.15, 0.2) is 0 Å². The Hall–Kier alpha value is -1.18. The Labute approximate surface area is 65.8 Å². The largest absolute Gasteiger partial charge is 0.361 e. The summed E-state index contributed by atoms with van der Waals surface area (Å²) in [4.78, 5) is 3.08. The van der Waals surface area contributed by atoms with Crippen LogP contribution in [-0.2, 0) is 0 Å². The predicted molar refractivity (Wildman–Crippen MR) is 44.1 cm³/mol. The van der Waals surface area contributed by atoms with Gasteiger partial charge in [0, 0.05) is 18.2 Å². The van der Waals surface area contributed by atoms with E-state index in [0.717, 1.165) is 12.0 Å². The molecule has 11 heavy (non-hydrogen) atoms. The number of hydrogen-bond acceptors (Lipinski definition) is 1. The van der Waals surface area contributed by atoms with E-state index in [1.165, 1.54) is 0 Å². The molecule has 1 rings (SSSR count). The lowest BCUT2D eigenvalue weighted by molar-refractivity contribution is -0.00172. The third-order valence-corrected chi connectivity index (χ3v) is 1.76. The molecule has 0 fully saturated rings. The summed E-state index contributed by atoms with van der Waals surface area (Å²) in [7, 11) is 0. The number of allylic oxidation sites excluding steroid dienone is 2. The summed E-state index contributed by atoms with van der Waals surface area (Å²) < 4.78 is 0. The van der Waals surface area contributed by atoms with Crippen molar-refractivity contribution in [3.63, 3.8) is 0 Å². The van der Waals surface area contributed by atoms with Gasteiger partial charge < -0.3 is 11.3 Å². The average molecular weight is 149 g/mol. The number of rotatable bonds is 1. The fraction of sp³-hybridized carbons (Fsp3) is 0.375. The maximum absolute atomic E-state index is 8.44. The summed E-state index contributed by atoms with van der Waals surface area (Å²) in [6.45, 7) is 2.03. The van der Waals surface area contributed by atoms with Gasteiger partial charge in [-0.15, -0.1) is 0 Å². The van der Waals surface area contributed by atoms with Gasteiger partial charge in [0.05, 0.1) is 0 Å². The van der Waals surface area contributed by atoms with Crippen LogP contribution in [0.5, 0.6) is 0 Å². The van der Waals surface area contributed by atoms with E-state index in [0.29, 0.717) is 5.71 Å². The Morgan fingerprint density at radius 3 is 3.00 bits per heavy atom. The van der Waals surface area contributed by atoms with Gasteiger partial charge in [-0.1, -0.05) is 13.0 Å². The Morgan fingerprint density at radius 1 is 1.73 bits per heavy atom. The van der Waals surface area contributed by atoms with Gasteiger partial charge in [0.1, 0.15) is 0 Å². The van der Waals surface area contributed by atoms with Gasteiger partial charge in [0.25, 0.3) is 0 Å². The Morgan fingerprint density at radius 2 is 2.45 bits per heavy atom. The van der Waals surface area contributed by atoms with Crippen LogP contribution in [0.1, 0.15) is 13.3 Å². The zero-order valence-electron chi connectivity index (χ0n) is 6.49. The second-order valence-corrected chi connectivity index (χ2v) is 2.48. The van der Waals surface area contributed by atoms with E-state index in [2.05, 4.69) is 4.79 Å². The first-order chi connectivity index (χ1) is 5.27. The van der Waals surface area contributed by atoms with E-state index in [1.54, 1.807) is 6.08 Å². The lowest BCUT2D eigenvalue weighted by Crippen LogP contribution is -2.23. The molecule has 58 valence electrons. The topological polar surface area (TPSA) is 62.4 Å². The van der Waals surface area contributed by atoms with E-state index < -0.39 is 0 Å². The summed E-state index contributed by atoms with van der Waals surface area (Å²) >= 11 is 0. The van der Waals surface area contributed by atoms with Crippen LogP contribution < -0.4 is 5.73 Å². The maximum atomic E-state index is 8.44. The SMILES string of the molecule is CCC1=CC(=[N+]=[N-])C=CC1N. The molecule has 3 nitrogen and oxygen atoms in total. The van der Waals surface area contributed by atoms with Crippen molar-refractivity contribution in [2.24, 2.45) is 5.73 Å². The third kappa shape index (κ3) is 1.64. The van der Waals surface area contributed by atoms with Crippen LogP contribution in [0.2, 0.25) is 0 Å². The summed E-state index contributed by atoms with van der Waals surface area (Å²) in [5.41, 5.74) is 15.8. The predicted octanol–water partition coefficient (Wildman–Crippen LogP) is 0.891.